The van der Waals surface area contributed by atoms with Gasteiger partial charge in [-0.05, 0) is 62.6 Å². The molecule has 0 unspecified atom stereocenters. The molecule has 3 heterocycles. The third-order valence-corrected chi connectivity index (χ3v) is 6.82. The van der Waals surface area contributed by atoms with Gasteiger partial charge in [0.15, 0.2) is 5.76 Å². The lowest BCUT2D eigenvalue weighted by Gasteiger charge is -2.37. The van der Waals surface area contributed by atoms with Crippen molar-refractivity contribution in [2.24, 2.45) is 4.40 Å². The Morgan fingerprint density at radius 3 is 2.70 bits per heavy atom. The zero-order valence-corrected chi connectivity index (χ0v) is 18.2. The van der Waals surface area contributed by atoms with Gasteiger partial charge in [0, 0.05) is 0 Å². The van der Waals surface area contributed by atoms with Crippen LogP contribution in [0.1, 0.15) is 50.0 Å². The minimum Gasteiger partial charge on any atom is -0.512 e. The van der Waals surface area contributed by atoms with E-state index in [2.05, 4.69) is 15.4 Å². The molecule has 1 aliphatic carbocycles. The number of hydrogen-bond acceptors (Lipinski definition) is 6. The number of fused-ring (bicyclic) bond motifs is 5. The van der Waals surface area contributed by atoms with Crippen molar-refractivity contribution >= 4 is 15.7 Å². The molecule has 0 radical (unpaired) electrons. The van der Waals surface area contributed by atoms with Gasteiger partial charge in [-0.2, -0.15) is 4.40 Å². The van der Waals surface area contributed by atoms with Gasteiger partial charge in [-0.25, -0.2) is 8.42 Å². The van der Waals surface area contributed by atoms with Crippen LogP contribution in [-0.4, -0.2) is 62.2 Å². The molecule has 0 amide bonds. The number of hydrogen-bond donors (Lipinski definition) is 1. The first-order valence-corrected chi connectivity index (χ1v) is 12.5. The molecule has 7 nitrogen and oxygen atoms in total. The monoisotopic (exact) mass is 434 g/mol. The summed E-state index contributed by atoms with van der Waals surface area (Å²) < 4.78 is 40.2. The predicted molar refractivity (Wildman–Crippen MR) is 116 cm³/mol. The Kier molecular flexibility index (Phi) is 6.46. The summed E-state index contributed by atoms with van der Waals surface area (Å²) >= 11 is 0. The second kappa shape index (κ2) is 9.08. The minimum absolute atomic E-state index is 0.172. The summed E-state index contributed by atoms with van der Waals surface area (Å²) in [5, 5.41) is 9.88. The highest BCUT2D eigenvalue weighted by Crippen LogP contribution is 2.39. The highest BCUT2D eigenvalue weighted by atomic mass is 32.2. The average molecular weight is 435 g/mol. The predicted octanol–water partition coefficient (Wildman–Crippen LogP) is 3.39. The van der Waals surface area contributed by atoms with Gasteiger partial charge in [0.05, 0.1) is 37.3 Å². The quantitative estimate of drug-likeness (QED) is 0.682. The summed E-state index contributed by atoms with van der Waals surface area (Å²) in [6.07, 6.45) is 7.70. The number of ether oxygens (including phenoxy) is 2. The summed E-state index contributed by atoms with van der Waals surface area (Å²) in [5.41, 5.74) is 1.80. The van der Waals surface area contributed by atoms with Crippen LogP contribution < -0.4 is 4.74 Å². The van der Waals surface area contributed by atoms with Gasteiger partial charge in [0.1, 0.15) is 12.0 Å². The summed E-state index contributed by atoms with van der Waals surface area (Å²) in [4.78, 5) is 2.10. The first-order valence-electron chi connectivity index (χ1n) is 10.7. The fourth-order valence-corrected chi connectivity index (χ4v) is 5.47. The van der Waals surface area contributed by atoms with Crippen molar-refractivity contribution in [2.45, 2.75) is 56.6 Å². The van der Waals surface area contributed by atoms with Crippen molar-refractivity contribution in [2.75, 3.05) is 26.0 Å². The van der Waals surface area contributed by atoms with E-state index in [0.717, 1.165) is 56.9 Å². The van der Waals surface area contributed by atoms with Gasteiger partial charge in [0.25, 0.3) is 0 Å². The van der Waals surface area contributed by atoms with Crippen molar-refractivity contribution < 1.29 is 23.0 Å². The SMILES string of the molecule is CS(=O)(=O)/N=C1\CCCN2C/C(=C/O)Oc3ccccc3C3CCC(CC3)OC[C@@H]12. The van der Waals surface area contributed by atoms with E-state index >= 15 is 0 Å². The number of benzene rings is 1. The van der Waals surface area contributed by atoms with Gasteiger partial charge in [0.2, 0.25) is 10.0 Å². The standard InChI is InChI=1S/C22H30N2O5S/c1-30(26,27)23-20-6-4-12-24-13-18(14-25)29-22-7-3-2-5-19(22)16-8-10-17(11-9-16)28-15-21(20)24/h2-3,5,7,14,16-17,21,25H,4,6,8-13,15H2,1H3/b18-14-,23-20+/t16?,17?,21-/m0/s1. The lowest BCUT2D eigenvalue weighted by molar-refractivity contribution is 0.000865. The van der Waals surface area contributed by atoms with Crippen LogP contribution in [0.25, 0.3) is 0 Å². The van der Waals surface area contributed by atoms with Crippen LogP contribution in [0.2, 0.25) is 0 Å². The Balaban J connectivity index is 1.68. The maximum atomic E-state index is 11.9. The van der Waals surface area contributed by atoms with E-state index in [1.165, 1.54) is 5.56 Å². The molecule has 4 aliphatic rings. The number of rotatable bonds is 1. The third kappa shape index (κ3) is 5.04. The van der Waals surface area contributed by atoms with E-state index in [1.807, 2.05) is 18.2 Å². The van der Waals surface area contributed by atoms with Crippen molar-refractivity contribution in [3.05, 3.63) is 41.9 Å². The highest BCUT2D eigenvalue weighted by molar-refractivity contribution is 7.89. The number of aliphatic hydroxyl groups is 1. The first-order chi connectivity index (χ1) is 14.4. The zero-order valence-electron chi connectivity index (χ0n) is 17.4. The largest absolute Gasteiger partial charge is 0.512 e. The number of nitrogens with zero attached hydrogens (tertiary/aromatic N) is 2. The molecule has 0 spiro atoms. The summed E-state index contributed by atoms with van der Waals surface area (Å²) in [5.74, 6) is 1.62. The van der Waals surface area contributed by atoms with Crippen LogP contribution in [0.15, 0.2) is 40.7 Å². The van der Waals surface area contributed by atoms with Gasteiger partial charge < -0.3 is 14.6 Å². The van der Waals surface area contributed by atoms with Crippen LogP contribution in [0.4, 0.5) is 0 Å². The van der Waals surface area contributed by atoms with E-state index in [0.29, 0.717) is 37.0 Å². The molecule has 164 valence electrons. The van der Waals surface area contributed by atoms with E-state index in [-0.39, 0.29) is 12.1 Å². The molecule has 1 aromatic rings. The fourth-order valence-electron chi connectivity index (χ4n) is 4.83. The number of piperidine rings is 1. The van der Waals surface area contributed by atoms with Crippen LogP contribution in [-0.2, 0) is 14.8 Å². The van der Waals surface area contributed by atoms with Crippen LogP contribution in [0, 0.1) is 0 Å². The lowest BCUT2D eigenvalue weighted by Crippen LogP contribution is -2.50. The smallest absolute Gasteiger partial charge is 0.250 e. The van der Waals surface area contributed by atoms with Crippen LogP contribution in [0.5, 0.6) is 5.75 Å². The minimum atomic E-state index is -3.49. The zero-order chi connectivity index (χ0) is 21.1. The summed E-state index contributed by atoms with van der Waals surface area (Å²) in [7, 11) is -3.49. The molecule has 1 atom stereocenters. The summed E-state index contributed by atoms with van der Waals surface area (Å²) in [6, 6.07) is 7.78. The maximum Gasteiger partial charge on any atom is 0.250 e. The Hall–Kier alpha value is -1.90. The molecule has 1 N–H and O–H groups in total. The van der Waals surface area contributed by atoms with Gasteiger partial charge in [-0.1, -0.05) is 18.2 Å². The molecule has 2 bridgehead atoms. The van der Waals surface area contributed by atoms with E-state index in [9.17, 15) is 13.5 Å². The third-order valence-electron chi connectivity index (χ3n) is 6.25. The molecule has 1 saturated heterocycles. The Morgan fingerprint density at radius 2 is 1.97 bits per heavy atom. The number of aliphatic hydroxyl groups excluding tert-OH is 1. The number of para-hydroxylation sites is 1. The molecule has 5 rings (SSSR count). The second-order valence-electron chi connectivity index (χ2n) is 8.45. The van der Waals surface area contributed by atoms with Crippen LogP contribution in [0.3, 0.4) is 0 Å². The molecule has 1 saturated carbocycles. The van der Waals surface area contributed by atoms with Gasteiger partial charge in [-0.15, -0.1) is 0 Å². The molecule has 0 aromatic heterocycles. The second-order valence-corrected chi connectivity index (χ2v) is 10.1. The fraction of sp³-hybridized carbons (Fsp3) is 0.591. The van der Waals surface area contributed by atoms with Crippen LogP contribution >= 0.6 is 0 Å². The van der Waals surface area contributed by atoms with E-state index in [1.54, 1.807) is 0 Å². The maximum absolute atomic E-state index is 11.9. The van der Waals surface area contributed by atoms with Gasteiger partial charge in [-0.3, -0.25) is 4.90 Å². The molecule has 30 heavy (non-hydrogen) atoms. The van der Waals surface area contributed by atoms with Crippen molar-refractivity contribution in [1.29, 1.82) is 0 Å². The highest BCUT2D eigenvalue weighted by Gasteiger charge is 2.33. The number of sulfonamides is 1. The Morgan fingerprint density at radius 1 is 1.20 bits per heavy atom. The summed E-state index contributed by atoms with van der Waals surface area (Å²) in [6.45, 7) is 1.51. The van der Waals surface area contributed by atoms with E-state index in [4.69, 9.17) is 9.47 Å². The van der Waals surface area contributed by atoms with Crippen molar-refractivity contribution in [3.8, 4) is 5.75 Å². The molecule has 1 aromatic carbocycles. The topological polar surface area (TPSA) is 88.4 Å². The Bertz CT molecular complexity index is 919. The molecular weight excluding hydrogens is 404 g/mol. The van der Waals surface area contributed by atoms with Gasteiger partial charge >= 0.3 is 0 Å². The molecular formula is C22H30N2O5S. The van der Waals surface area contributed by atoms with Crippen molar-refractivity contribution in [1.82, 2.24) is 4.90 Å². The van der Waals surface area contributed by atoms with E-state index < -0.39 is 10.0 Å². The lowest BCUT2D eigenvalue weighted by atomic mass is 9.82. The molecule has 2 fully saturated rings. The van der Waals surface area contributed by atoms with Crippen molar-refractivity contribution in [3.63, 3.8) is 0 Å². The molecule has 8 heteroatoms. The average Bonchev–Trinajstić information content (AvgIpc) is 2.74. The Labute approximate surface area is 178 Å². The molecule has 3 aliphatic heterocycles. The normalized spacial score (nSPS) is 31.2. The first kappa shape index (κ1) is 21.3.